The Morgan fingerprint density at radius 3 is 3.00 bits per heavy atom. The molecule has 0 saturated heterocycles. The zero-order valence-electron chi connectivity index (χ0n) is 13.1. The van der Waals surface area contributed by atoms with Crippen LogP contribution in [-0.4, -0.2) is 16.7 Å². The quantitative estimate of drug-likeness (QED) is 0.907. The Hall–Kier alpha value is -2.20. The molecule has 24 heavy (non-hydrogen) atoms. The Labute approximate surface area is 145 Å². The van der Waals surface area contributed by atoms with Crippen LogP contribution in [0.1, 0.15) is 62.8 Å². The lowest BCUT2D eigenvalue weighted by Crippen LogP contribution is -2.28. The molecule has 1 heterocycles. The second-order valence-corrected chi connectivity index (χ2v) is 6.77. The summed E-state index contributed by atoms with van der Waals surface area (Å²) >= 11 is 6.22. The minimum absolute atomic E-state index is 0.0436. The number of aryl methyl sites for hydroxylation is 1. The maximum atomic E-state index is 12.6. The van der Waals surface area contributed by atoms with Crippen LogP contribution in [0.25, 0.3) is 0 Å². The number of amides is 1. The highest BCUT2D eigenvalue weighted by Crippen LogP contribution is 2.35. The molecule has 2 aliphatic rings. The SMILES string of the molecule is O=C(NC1CCc2c(Cl)cccc21)c1cnc2c(c1)C(=O)CCC2. The van der Waals surface area contributed by atoms with Crippen molar-refractivity contribution in [2.24, 2.45) is 0 Å². The molecule has 122 valence electrons. The first kappa shape index (κ1) is 15.3. The summed E-state index contributed by atoms with van der Waals surface area (Å²) in [5.74, 6) is -0.113. The zero-order valence-corrected chi connectivity index (χ0v) is 13.9. The number of hydrogen-bond acceptors (Lipinski definition) is 3. The fraction of sp³-hybridized carbons (Fsp3) is 0.316. The summed E-state index contributed by atoms with van der Waals surface area (Å²) in [7, 11) is 0. The topological polar surface area (TPSA) is 59.1 Å². The third-order valence-corrected chi connectivity index (χ3v) is 5.22. The van der Waals surface area contributed by atoms with E-state index in [0.717, 1.165) is 47.5 Å². The normalized spacial score (nSPS) is 18.9. The van der Waals surface area contributed by atoms with Gasteiger partial charge in [0.15, 0.2) is 5.78 Å². The van der Waals surface area contributed by atoms with Gasteiger partial charge in [0, 0.05) is 23.2 Å². The summed E-state index contributed by atoms with van der Waals surface area (Å²) in [5.41, 5.74) is 4.05. The van der Waals surface area contributed by atoms with E-state index in [1.54, 1.807) is 12.3 Å². The summed E-state index contributed by atoms with van der Waals surface area (Å²) in [6, 6.07) is 7.44. The molecule has 0 spiro atoms. The Kier molecular flexibility index (Phi) is 3.85. The number of hydrogen-bond donors (Lipinski definition) is 1. The van der Waals surface area contributed by atoms with Crippen LogP contribution in [0, 0.1) is 0 Å². The molecular formula is C19H17ClN2O2. The van der Waals surface area contributed by atoms with Gasteiger partial charge in [0.2, 0.25) is 0 Å². The van der Waals surface area contributed by atoms with Gasteiger partial charge in [-0.3, -0.25) is 14.6 Å². The molecule has 4 nitrogen and oxygen atoms in total. The molecule has 1 atom stereocenters. The van der Waals surface area contributed by atoms with Crippen molar-refractivity contribution in [1.82, 2.24) is 10.3 Å². The van der Waals surface area contributed by atoms with Gasteiger partial charge in [-0.1, -0.05) is 23.7 Å². The van der Waals surface area contributed by atoms with Crippen molar-refractivity contribution in [3.8, 4) is 0 Å². The number of carbonyl (C=O) groups is 2. The Morgan fingerprint density at radius 2 is 2.12 bits per heavy atom. The molecule has 1 amide bonds. The van der Waals surface area contributed by atoms with Gasteiger partial charge < -0.3 is 5.32 Å². The molecule has 1 unspecified atom stereocenters. The molecule has 2 aromatic rings. The van der Waals surface area contributed by atoms with E-state index < -0.39 is 0 Å². The minimum Gasteiger partial charge on any atom is -0.345 e. The lowest BCUT2D eigenvalue weighted by atomic mass is 9.94. The monoisotopic (exact) mass is 340 g/mol. The fourth-order valence-corrected chi connectivity index (χ4v) is 3.89. The zero-order chi connectivity index (χ0) is 16.7. The summed E-state index contributed by atoms with van der Waals surface area (Å²) in [6.07, 6.45) is 5.44. The fourth-order valence-electron chi connectivity index (χ4n) is 3.61. The van der Waals surface area contributed by atoms with Crippen molar-refractivity contribution < 1.29 is 9.59 Å². The molecule has 1 N–H and O–H groups in total. The molecule has 0 saturated carbocycles. The van der Waals surface area contributed by atoms with Crippen LogP contribution >= 0.6 is 11.6 Å². The molecule has 1 aromatic carbocycles. The summed E-state index contributed by atoms with van der Waals surface area (Å²) in [6.45, 7) is 0. The van der Waals surface area contributed by atoms with Crippen molar-refractivity contribution in [1.29, 1.82) is 0 Å². The molecule has 0 radical (unpaired) electrons. The molecular weight excluding hydrogens is 324 g/mol. The number of nitrogens with one attached hydrogen (secondary N) is 1. The van der Waals surface area contributed by atoms with Crippen molar-refractivity contribution >= 4 is 23.3 Å². The van der Waals surface area contributed by atoms with E-state index >= 15 is 0 Å². The summed E-state index contributed by atoms with van der Waals surface area (Å²) in [4.78, 5) is 28.9. The van der Waals surface area contributed by atoms with Gasteiger partial charge in [0.05, 0.1) is 17.3 Å². The Balaban J connectivity index is 1.57. The van der Waals surface area contributed by atoms with E-state index in [1.807, 2.05) is 18.2 Å². The van der Waals surface area contributed by atoms with Gasteiger partial charge in [-0.2, -0.15) is 0 Å². The standard InChI is InChI=1S/C19H17ClN2O2/c20-15-4-1-3-13-12(15)7-8-17(13)22-19(24)11-9-14-16(21-10-11)5-2-6-18(14)23/h1,3-4,9-10,17H,2,5-8H2,(H,22,24). The van der Waals surface area contributed by atoms with Crippen LogP contribution in [0.5, 0.6) is 0 Å². The number of nitrogens with zero attached hydrogens (tertiary/aromatic N) is 1. The van der Waals surface area contributed by atoms with Crippen molar-refractivity contribution in [2.45, 2.75) is 38.1 Å². The van der Waals surface area contributed by atoms with Crippen molar-refractivity contribution in [3.05, 3.63) is 63.4 Å². The highest BCUT2D eigenvalue weighted by Gasteiger charge is 2.27. The summed E-state index contributed by atoms with van der Waals surface area (Å²) in [5, 5.41) is 3.81. The van der Waals surface area contributed by atoms with E-state index in [1.165, 1.54) is 0 Å². The van der Waals surface area contributed by atoms with Crippen LogP contribution in [0.4, 0.5) is 0 Å². The Morgan fingerprint density at radius 1 is 1.25 bits per heavy atom. The average Bonchev–Trinajstić information content (AvgIpc) is 2.99. The second-order valence-electron chi connectivity index (χ2n) is 6.37. The van der Waals surface area contributed by atoms with Crippen LogP contribution in [0.15, 0.2) is 30.5 Å². The first-order valence-corrected chi connectivity index (χ1v) is 8.61. The van der Waals surface area contributed by atoms with E-state index in [0.29, 0.717) is 17.5 Å². The number of rotatable bonds is 2. The third kappa shape index (κ3) is 2.61. The second kappa shape index (κ2) is 6.02. The predicted molar refractivity (Wildman–Crippen MR) is 91.5 cm³/mol. The number of pyridine rings is 1. The van der Waals surface area contributed by atoms with Gasteiger partial charge in [-0.25, -0.2) is 0 Å². The maximum absolute atomic E-state index is 12.6. The average molecular weight is 341 g/mol. The highest BCUT2D eigenvalue weighted by atomic mass is 35.5. The van der Waals surface area contributed by atoms with E-state index in [-0.39, 0.29) is 17.7 Å². The van der Waals surface area contributed by atoms with E-state index in [2.05, 4.69) is 10.3 Å². The minimum atomic E-state index is -0.193. The summed E-state index contributed by atoms with van der Waals surface area (Å²) < 4.78 is 0. The highest BCUT2D eigenvalue weighted by molar-refractivity contribution is 6.31. The van der Waals surface area contributed by atoms with E-state index in [4.69, 9.17) is 11.6 Å². The van der Waals surface area contributed by atoms with Crippen molar-refractivity contribution in [2.75, 3.05) is 0 Å². The smallest absolute Gasteiger partial charge is 0.253 e. The van der Waals surface area contributed by atoms with E-state index in [9.17, 15) is 9.59 Å². The molecule has 0 aliphatic heterocycles. The number of benzene rings is 1. The number of Topliss-reactive ketones (excluding diaryl/α,β-unsaturated/α-hetero) is 1. The molecule has 0 fully saturated rings. The molecule has 5 heteroatoms. The Bertz CT molecular complexity index is 847. The number of carbonyl (C=O) groups excluding carboxylic acids is 2. The van der Waals surface area contributed by atoms with Gasteiger partial charge in [0.1, 0.15) is 0 Å². The molecule has 1 aromatic heterocycles. The number of ketones is 1. The largest absolute Gasteiger partial charge is 0.345 e. The van der Waals surface area contributed by atoms with Gasteiger partial charge in [-0.15, -0.1) is 0 Å². The maximum Gasteiger partial charge on any atom is 0.253 e. The van der Waals surface area contributed by atoms with Gasteiger partial charge in [-0.05, 0) is 48.9 Å². The number of fused-ring (bicyclic) bond motifs is 2. The van der Waals surface area contributed by atoms with Gasteiger partial charge >= 0.3 is 0 Å². The van der Waals surface area contributed by atoms with Crippen LogP contribution < -0.4 is 5.32 Å². The number of aromatic nitrogens is 1. The molecule has 4 rings (SSSR count). The lowest BCUT2D eigenvalue weighted by Gasteiger charge is -2.17. The van der Waals surface area contributed by atoms with Gasteiger partial charge in [0.25, 0.3) is 5.91 Å². The molecule has 0 bridgehead atoms. The van der Waals surface area contributed by atoms with Crippen molar-refractivity contribution in [3.63, 3.8) is 0 Å². The third-order valence-electron chi connectivity index (χ3n) is 4.87. The first-order valence-electron chi connectivity index (χ1n) is 8.24. The predicted octanol–water partition coefficient (Wildman–Crippen LogP) is 3.67. The van der Waals surface area contributed by atoms with Crippen LogP contribution in [0.2, 0.25) is 5.02 Å². The van der Waals surface area contributed by atoms with Crippen LogP contribution in [0.3, 0.4) is 0 Å². The van der Waals surface area contributed by atoms with Crippen LogP contribution in [-0.2, 0) is 12.8 Å². The first-order chi connectivity index (χ1) is 11.6. The lowest BCUT2D eigenvalue weighted by molar-refractivity contribution is 0.0936. The number of halogens is 1. The molecule has 2 aliphatic carbocycles.